The molecule has 0 radical (unpaired) electrons. The molecule has 0 heterocycles. The van der Waals surface area contributed by atoms with Gasteiger partial charge >= 0.3 is 11.9 Å². The fraction of sp³-hybridized carbons (Fsp3) is 0.682. The van der Waals surface area contributed by atoms with Crippen LogP contribution in [0.25, 0.3) is 0 Å². The molecule has 312 valence electrons. The Morgan fingerprint density at radius 2 is 1.25 bits per heavy atom. The molecule has 2 saturated carbocycles. The van der Waals surface area contributed by atoms with Crippen molar-refractivity contribution in [3.63, 3.8) is 0 Å². The van der Waals surface area contributed by atoms with Crippen LogP contribution in [0.4, 0.5) is 0 Å². The number of benzene rings is 2. The van der Waals surface area contributed by atoms with E-state index in [9.17, 15) is 13.8 Å². The first-order valence-electron chi connectivity index (χ1n) is 20.4. The molecule has 0 amide bonds. The van der Waals surface area contributed by atoms with Crippen LogP contribution >= 0.6 is 31.9 Å². The minimum atomic E-state index is -1.45. The lowest BCUT2D eigenvalue weighted by molar-refractivity contribution is -0.161. The number of carbonyl (C=O) groups is 2. The van der Waals surface area contributed by atoms with E-state index in [1.807, 2.05) is 58.9 Å². The fourth-order valence-electron chi connectivity index (χ4n) is 10.6. The Morgan fingerprint density at radius 1 is 0.786 bits per heavy atom. The van der Waals surface area contributed by atoms with Crippen molar-refractivity contribution >= 4 is 54.8 Å². The molecule has 2 spiro atoms. The summed E-state index contributed by atoms with van der Waals surface area (Å²) in [5, 5.41) is 0. The van der Waals surface area contributed by atoms with Crippen molar-refractivity contribution < 1.29 is 32.7 Å². The smallest absolute Gasteiger partial charge is 0.332 e. The van der Waals surface area contributed by atoms with E-state index < -0.39 is 32.2 Å². The van der Waals surface area contributed by atoms with Crippen molar-refractivity contribution in [3.8, 4) is 0 Å². The second-order valence-electron chi connectivity index (χ2n) is 17.4. The maximum Gasteiger partial charge on any atom is 0.332 e. The van der Waals surface area contributed by atoms with E-state index in [1.54, 1.807) is 14.2 Å². The highest BCUT2D eigenvalue weighted by atomic mass is 79.9. The second kappa shape index (κ2) is 17.9. The standard InChI is InChI=1S/C24H36BrNO4S.C20H28BrNO3/c1-7-16-14-23(12-11-20(16)29-6)15-17-9-10-18(25)13-19(17)24(23,21(27)30-8-2)26-31(28)22(3,4)5;1-4-13-11-19(9-8-17(13)24-3)12-14-6-7-15(21)10-16(14)20(19,22)18(23)25-5-2/h9-10,13,16,20,26H,7-8,11-12,14-15H2,1-6H3;6-7,10,13,17H,4-5,8-9,11-12,22H2,1-3H3/t16-,20-,23-,24-,31+;13-,17-,19-,20-/m11/s1. The van der Waals surface area contributed by atoms with Crippen LogP contribution in [0.1, 0.15) is 122 Å². The summed E-state index contributed by atoms with van der Waals surface area (Å²) in [6.45, 7) is 14.4. The number of halogens is 2. The molecule has 9 nitrogen and oxygen atoms in total. The van der Waals surface area contributed by atoms with Crippen LogP contribution in [0, 0.1) is 22.7 Å². The van der Waals surface area contributed by atoms with Crippen molar-refractivity contribution in [1.82, 2.24) is 4.72 Å². The summed E-state index contributed by atoms with van der Waals surface area (Å²) in [6, 6.07) is 12.3. The monoisotopic (exact) mass is 922 g/mol. The van der Waals surface area contributed by atoms with Gasteiger partial charge in [-0.25, -0.2) is 18.5 Å². The lowest BCUT2D eigenvalue weighted by Crippen LogP contribution is -2.63. The summed E-state index contributed by atoms with van der Waals surface area (Å²) >= 11 is 7.13. The number of nitrogens with one attached hydrogen (secondary N) is 1. The first-order valence-corrected chi connectivity index (χ1v) is 23.2. The van der Waals surface area contributed by atoms with Crippen LogP contribution in [-0.4, -0.2) is 60.5 Å². The lowest BCUT2D eigenvalue weighted by Gasteiger charge is -2.51. The van der Waals surface area contributed by atoms with Crippen molar-refractivity contribution in [2.75, 3.05) is 27.4 Å². The number of ether oxygens (including phenoxy) is 4. The molecule has 0 aliphatic heterocycles. The predicted octanol–water partition coefficient (Wildman–Crippen LogP) is 8.96. The molecule has 0 bridgehead atoms. The summed E-state index contributed by atoms with van der Waals surface area (Å²) < 4.78 is 40.9. The number of hydrogen-bond donors (Lipinski definition) is 2. The number of hydrogen-bond acceptors (Lipinski definition) is 8. The van der Waals surface area contributed by atoms with E-state index in [0.717, 1.165) is 89.8 Å². The molecule has 0 unspecified atom stereocenters. The van der Waals surface area contributed by atoms with Crippen LogP contribution in [0.5, 0.6) is 0 Å². The van der Waals surface area contributed by atoms with Crippen molar-refractivity contribution in [2.24, 2.45) is 28.4 Å². The minimum Gasteiger partial charge on any atom is -0.464 e. The largest absolute Gasteiger partial charge is 0.464 e. The lowest BCUT2D eigenvalue weighted by atomic mass is 9.58. The number of fused-ring (bicyclic) bond motifs is 2. The third-order valence-corrected chi connectivity index (χ3v) is 16.1. The zero-order chi connectivity index (χ0) is 41.3. The molecule has 4 aliphatic rings. The Balaban J connectivity index is 0.000000219. The van der Waals surface area contributed by atoms with Gasteiger partial charge in [-0.3, -0.25) is 0 Å². The van der Waals surface area contributed by atoms with Crippen LogP contribution in [-0.2, 0) is 63.4 Å². The minimum absolute atomic E-state index is 0.180. The van der Waals surface area contributed by atoms with E-state index in [-0.39, 0.29) is 36.2 Å². The van der Waals surface area contributed by atoms with Gasteiger partial charge in [0, 0.05) is 34.0 Å². The van der Waals surface area contributed by atoms with Gasteiger partial charge < -0.3 is 24.7 Å². The van der Waals surface area contributed by atoms with Gasteiger partial charge in [-0.2, -0.15) is 0 Å². The summed E-state index contributed by atoms with van der Waals surface area (Å²) in [5.41, 5.74) is 8.10. The number of methoxy groups -OCH3 is 2. The quantitative estimate of drug-likeness (QED) is 0.227. The Bertz CT molecular complexity index is 1770. The maximum atomic E-state index is 13.9. The van der Waals surface area contributed by atoms with Gasteiger partial charge in [-0.15, -0.1) is 0 Å². The Morgan fingerprint density at radius 3 is 1.75 bits per heavy atom. The van der Waals surface area contributed by atoms with Gasteiger partial charge in [-0.05, 0) is 144 Å². The molecular weight excluding hydrogens is 860 g/mol. The van der Waals surface area contributed by atoms with Crippen molar-refractivity contribution in [1.29, 1.82) is 0 Å². The second-order valence-corrected chi connectivity index (χ2v) is 21.2. The van der Waals surface area contributed by atoms with Gasteiger partial charge in [0.25, 0.3) is 0 Å². The molecular formula is C44H64Br2N2O7S. The molecule has 2 fully saturated rings. The number of nitrogens with two attached hydrogens (primary N) is 1. The molecule has 2 aromatic rings. The highest BCUT2D eigenvalue weighted by molar-refractivity contribution is 9.10. The molecule has 3 N–H and O–H groups in total. The van der Waals surface area contributed by atoms with E-state index in [0.29, 0.717) is 18.4 Å². The predicted molar refractivity (Wildman–Crippen MR) is 229 cm³/mol. The molecule has 56 heavy (non-hydrogen) atoms. The van der Waals surface area contributed by atoms with Crippen LogP contribution in [0.15, 0.2) is 45.3 Å². The van der Waals surface area contributed by atoms with Gasteiger partial charge in [0.1, 0.15) is 5.54 Å². The Kier molecular flexibility index (Phi) is 14.5. The topological polar surface area (TPSA) is 126 Å². The maximum absolute atomic E-state index is 13.9. The van der Waals surface area contributed by atoms with E-state index in [2.05, 4.69) is 62.6 Å². The molecule has 0 aromatic heterocycles. The average Bonchev–Trinajstić information content (AvgIpc) is 3.56. The third kappa shape index (κ3) is 7.99. The normalized spacial score (nSPS) is 32.6. The first kappa shape index (κ1) is 45.4. The molecule has 12 heteroatoms. The summed E-state index contributed by atoms with van der Waals surface area (Å²) in [7, 11) is 2.11. The average molecular weight is 925 g/mol. The van der Waals surface area contributed by atoms with Gasteiger partial charge in [0.05, 0.1) is 41.2 Å². The SMILES string of the molecule is CCOC(=O)[C@]1(N)c2cc(Br)ccc2C[C@]12CC[C@@H](OC)[C@H](CC)C2.CCOC(=O)[C@]1(N[S@@](=O)C(C)(C)C)c2cc(Br)ccc2C[C@]12CC[C@@H](OC)[C@H](CC)C2. The van der Waals surface area contributed by atoms with E-state index in [1.165, 1.54) is 5.56 Å². The number of carbonyl (C=O) groups excluding carboxylic acids is 2. The van der Waals surface area contributed by atoms with Crippen LogP contribution < -0.4 is 10.5 Å². The Labute approximate surface area is 354 Å². The first-order chi connectivity index (χ1) is 26.5. The van der Waals surface area contributed by atoms with Gasteiger partial charge in [-0.1, -0.05) is 70.7 Å². The van der Waals surface area contributed by atoms with Crippen LogP contribution in [0.3, 0.4) is 0 Å². The summed E-state index contributed by atoms with van der Waals surface area (Å²) in [5.74, 6) is 0.122. The summed E-state index contributed by atoms with van der Waals surface area (Å²) in [6.07, 6.45) is 9.22. The molecule has 9 atom stereocenters. The highest BCUT2D eigenvalue weighted by Gasteiger charge is 2.66. The Hall–Kier alpha value is -1.67. The van der Waals surface area contributed by atoms with Crippen molar-refractivity contribution in [3.05, 3.63) is 67.6 Å². The van der Waals surface area contributed by atoms with E-state index >= 15 is 0 Å². The van der Waals surface area contributed by atoms with Gasteiger partial charge in [0.15, 0.2) is 5.54 Å². The van der Waals surface area contributed by atoms with Crippen molar-refractivity contribution in [2.45, 2.75) is 141 Å². The molecule has 2 aromatic carbocycles. The van der Waals surface area contributed by atoms with Gasteiger partial charge in [0.2, 0.25) is 0 Å². The molecule has 4 aliphatic carbocycles. The third-order valence-electron chi connectivity index (χ3n) is 13.5. The van der Waals surface area contributed by atoms with Crippen LogP contribution in [0.2, 0.25) is 0 Å². The number of esters is 2. The van der Waals surface area contributed by atoms with E-state index in [4.69, 9.17) is 24.7 Å². The summed E-state index contributed by atoms with van der Waals surface area (Å²) in [4.78, 5) is 26.9. The molecule has 6 rings (SSSR count). The zero-order valence-corrected chi connectivity index (χ0v) is 38.8. The zero-order valence-electron chi connectivity index (χ0n) is 34.9. The number of rotatable bonds is 10. The fourth-order valence-corrected chi connectivity index (χ4v) is 12.3. The highest BCUT2D eigenvalue weighted by Crippen LogP contribution is 2.61. The molecule has 0 saturated heterocycles.